The monoisotopic (exact) mass is 191 g/mol. The van der Waals surface area contributed by atoms with Crippen molar-refractivity contribution >= 4 is 5.69 Å². The Labute approximate surface area is 85.9 Å². The molecule has 1 saturated heterocycles. The topological polar surface area (TPSA) is 19.9 Å². The van der Waals surface area contributed by atoms with E-state index in [2.05, 4.69) is 48.3 Å². The van der Waals surface area contributed by atoms with Gasteiger partial charge in [-0.2, -0.15) is 0 Å². The Hall–Kier alpha value is -1.02. The molecular weight excluding hydrogens is 172 g/mol. The van der Waals surface area contributed by atoms with Crippen LogP contribution in [0.5, 0.6) is 0 Å². The highest BCUT2D eigenvalue weighted by atomic mass is 15.2. The molecule has 0 aliphatic carbocycles. The number of hydrogen-bond acceptors (Lipinski definition) is 1. The molecule has 14 heavy (non-hydrogen) atoms. The van der Waals surface area contributed by atoms with Gasteiger partial charge in [0.2, 0.25) is 0 Å². The molecule has 2 N–H and O–H groups in total. The van der Waals surface area contributed by atoms with Crippen LogP contribution in [0.15, 0.2) is 24.3 Å². The van der Waals surface area contributed by atoms with Gasteiger partial charge in [-0.15, -0.1) is 0 Å². The van der Waals surface area contributed by atoms with Crippen molar-refractivity contribution in [1.29, 1.82) is 0 Å². The van der Waals surface area contributed by atoms with E-state index in [-0.39, 0.29) is 0 Å². The molecule has 0 bridgehead atoms. The zero-order valence-corrected chi connectivity index (χ0v) is 9.03. The van der Waals surface area contributed by atoms with Gasteiger partial charge in [-0.1, -0.05) is 12.1 Å². The molecule has 1 heterocycles. The summed E-state index contributed by atoms with van der Waals surface area (Å²) in [4.78, 5) is 2.51. The summed E-state index contributed by atoms with van der Waals surface area (Å²) in [5, 5.41) is 2.40. The number of rotatable bonds is 1. The number of quaternary nitrogens is 1. The summed E-state index contributed by atoms with van der Waals surface area (Å²) in [5.74, 6) is 0. The maximum absolute atomic E-state index is 2.51. The lowest BCUT2D eigenvalue weighted by atomic mass is 10.1. The van der Waals surface area contributed by atoms with E-state index in [1.165, 1.54) is 30.9 Å². The fourth-order valence-corrected chi connectivity index (χ4v) is 2.13. The third-order valence-electron chi connectivity index (χ3n) is 2.95. The second kappa shape index (κ2) is 4.01. The third-order valence-corrected chi connectivity index (χ3v) is 2.95. The fraction of sp³-hybridized carbons (Fsp3) is 0.500. The van der Waals surface area contributed by atoms with Crippen LogP contribution in [-0.2, 0) is 0 Å². The van der Waals surface area contributed by atoms with Crippen molar-refractivity contribution in [2.45, 2.75) is 19.9 Å². The molecule has 76 valence electrons. The van der Waals surface area contributed by atoms with Crippen LogP contribution in [-0.4, -0.2) is 25.7 Å². The Balaban J connectivity index is 2.20. The lowest BCUT2D eigenvalue weighted by molar-refractivity contribution is -0.659. The summed E-state index contributed by atoms with van der Waals surface area (Å²) in [6, 6.07) is 9.46. The molecule has 0 radical (unpaired) electrons. The van der Waals surface area contributed by atoms with Gasteiger partial charge < -0.3 is 10.2 Å². The first kappa shape index (κ1) is 9.53. The lowest BCUT2D eigenvalue weighted by Gasteiger charge is -2.33. The van der Waals surface area contributed by atoms with Crippen molar-refractivity contribution in [3.63, 3.8) is 0 Å². The molecular formula is C12H19N2+. The highest BCUT2D eigenvalue weighted by Crippen LogP contribution is 2.18. The van der Waals surface area contributed by atoms with Gasteiger partial charge in [0.05, 0.1) is 25.7 Å². The van der Waals surface area contributed by atoms with Crippen molar-refractivity contribution in [3.05, 3.63) is 29.8 Å². The summed E-state index contributed by atoms with van der Waals surface area (Å²) in [6.07, 6.45) is 0. The largest absolute Gasteiger partial charge is 0.358 e. The van der Waals surface area contributed by atoms with Crippen molar-refractivity contribution < 1.29 is 5.32 Å². The normalized spacial score (nSPS) is 22.4. The van der Waals surface area contributed by atoms with Crippen LogP contribution in [0.2, 0.25) is 0 Å². The predicted molar refractivity (Wildman–Crippen MR) is 59.6 cm³/mol. The number of piperazine rings is 1. The molecule has 1 aliphatic heterocycles. The molecule has 2 heteroatoms. The number of hydrogen-bond donors (Lipinski definition) is 1. The average Bonchev–Trinajstić information content (AvgIpc) is 2.18. The molecule has 1 atom stereocenters. The van der Waals surface area contributed by atoms with E-state index in [1.807, 2.05) is 0 Å². The zero-order valence-electron chi connectivity index (χ0n) is 9.03. The van der Waals surface area contributed by atoms with Gasteiger partial charge in [0.1, 0.15) is 0 Å². The van der Waals surface area contributed by atoms with Crippen molar-refractivity contribution in [2.24, 2.45) is 0 Å². The Morgan fingerprint density at radius 2 is 2.29 bits per heavy atom. The van der Waals surface area contributed by atoms with Crippen LogP contribution in [0.1, 0.15) is 12.5 Å². The van der Waals surface area contributed by atoms with Crippen molar-refractivity contribution in [1.82, 2.24) is 0 Å². The Kier molecular flexibility index (Phi) is 2.73. The first-order valence-corrected chi connectivity index (χ1v) is 5.42. The maximum Gasteiger partial charge on any atom is 0.0959 e. The second-order valence-electron chi connectivity index (χ2n) is 4.19. The number of nitrogens with zero attached hydrogens (tertiary/aromatic N) is 1. The van der Waals surface area contributed by atoms with Crippen LogP contribution in [0.3, 0.4) is 0 Å². The predicted octanol–water partition coefficient (Wildman–Crippen LogP) is 0.767. The van der Waals surface area contributed by atoms with E-state index in [9.17, 15) is 0 Å². The molecule has 0 saturated carbocycles. The lowest BCUT2D eigenvalue weighted by Crippen LogP contribution is -2.91. The number of benzene rings is 1. The van der Waals surface area contributed by atoms with Gasteiger partial charge in [-0.25, -0.2) is 0 Å². The molecule has 1 aromatic carbocycles. The minimum Gasteiger partial charge on any atom is -0.358 e. The Morgan fingerprint density at radius 3 is 3.00 bits per heavy atom. The average molecular weight is 191 g/mol. The quantitative estimate of drug-likeness (QED) is 0.695. The smallest absolute Gasteiger partial charge is 0.0959 e. The number of nitrogens with two attached hydrogens (primary N) is 1. The summed E-state index contributed by atoms with van der Waals surface area (Å²) >= 11 is 0. The summed E-state index contributed by atoms with van der Waals surface area (Å²) in [7, 11) is 0. The van der Waals surface area contributed by atoms with E-state index < -0.39 is 0 Å². The van der Waals surface area contributed by atoms with Gasteiger partial charge in [0.15, 0.2) is 0 Å². The standard InChI is InChI=1S/C12H18N2/c1-10-4-3-5-12(8-10)14-7-6-13-9-11(14)2/h3-5,8,11,13H,6-7,9H2,1-2H3/p+1/t11-/m1/s1. The van der Waals surface area contributed by atoms with Crippen molar-refractivity contribution in [3.8, 4) is 0 Å². The Bertz CT molecular complexity index is 309. The molecule has 2 nitrogen and oxygen atoms in total. The molecule has 0 unspecified atom stereocenters. The highest BCUT2D eigenvalue weighted by Gasteiger charge is 2.20. The van der Waals surface area contributed by atoms with Crippen LogP contribution >= 0.6 is 0 Å². The van der Waals surface area contributed by atoms with Crippen LogP contribution in [0, 0.1) is 6.92 Å². The van der Waals surface area contributed by atoms with Gasteiger partial charge in [-0.3, -0.25) is 0 Å². The third kappa shape index (κ3) is 1.90. The molecule has 2 rings (SSSR count). The first-order valence-electron chi connectivity index (χ1n) is 5.42. The van der Waals surface area contributed by atoms with E-state index in [0.29, 0.717) is 6.04 Å². The molecule has 1 aromatic rings. The van der Waals surface area contributed by atoms with Crippen LogP contribution in [0.4, 0.5) is 5.69 Å². The first-order chi connectivity index (χ1) is 6.77. The zero-order chi connectivity index (χ0) is 9.97. The van der Waals surface area contributed by atoms with E-state index in [4.69, 9.17) is 0 Å². The minimum atomic E-state index is 0.658. The van der Waals surface area contributed by atoms with Gasteiger partial charge in [0.25, 0.3) is 0 Å². The van der Waals surface area contributed by atoms with Crippen molar-refractivity contribution in [2.75, 3.05) is 24.5 Å². The molecule has 1 fully saturated rings. The molecule has 1 aliphatic rings. The number of anilines is 1. The van der Waals surface area contributed by atoms with Gasteiger partial charge in [0, 0.05) is 5.69 Å². The van der Waals surface area contributed by atoms with Gasteiger partial charge >= 0.3 is 0 Å². The summed E-state index contributed by atoms with van der Waals surface area (Å²) in [6.45, 7) is 8.07. The number of aryl methyl sites for hydroxylation is 1. The minimum absolute atomic E-state index is 0.658. The SMILES string of the molecule is Cc1cccc(N2CC[NH2+]C[C@H]2C)c1. The Morgan fingerprint density at radius 1 is 1.43 bits per heavy atom. The summed E-state index contributed by atoms with van der Waals surface area (Å²) < 4.78 is 0. The fourth-order valence-electron chi connectivity index (χ4n) is 2.13. The highest BCUT2D eigenvalue weighted by molar-refractivity contribution is 5.49. The van der Waals surface area contributed by atoms with E-state index in [1.54, 1.807) is 0 Å². The summed E-state index contributed by atoms with van der Waals surface area (Å²) in [5.41, 5.74) is 2.73. The van der Waals surface area contributed by atoms with E-state index >= 15 is 0 Å². The maximum atomic E-state index is 2.51. The molecule has 0 aromatic heterocycles. The van der Waals surface area contributed by atoms with E-state index in [0.717, 1.165) is 0 Å². The second-order valence-corrected chi connectivity index (χ2v) is 4.19. The van der Waals surface area contributed by atoms with Gasteiger partial charge in [-0.05, 0) is 31.5 Å². The molecule has 0 amide bonds. The molecule has 0 spiro atoms. The van der Waals surface area contributed by atoms with Crippen LogP contribution in [0.25, 0.3) is 0 Å². The van der Waals surface area contributed by atoms with Crippen LogP contribution < -0.4 is 10.2 Å².